The van der Waals surface area contributed by atoms with E-state index in [2.05, 4.69) is 6.58 Å². The summed E-state index contributed by atoms with van der Waals surface area (Å²) in [5.41, 5.74) is 5.98. The van der Waals surface area contributed by atoms with E-state index in [9.17, 15) is 8.78 Å². The summed E-state index contributed by atoms with van der Waals surface area (Å²) in [5.74, 6) is -1.15. The van der Waals surface area contributed by atoms with Crippen LogP contribution in [-0.4, -0.2) is 0 Å². The van der Waals surface area contributed by atoms with Crippen LogP contribution in [0.1, 0.15) is 23.6 Å². The van der Waals surface area contributed by atoms with Crippen LogP contribution >= 0.6 is 0 Å². The highest BCUT2D eigenvalue weighted by atomic mass is 19.1. The third-order valence-electron chi connectivity index (χ3n) is 2.11. The van der Waals surface area contributed by atoms with Crippen molar-refractivity contribution in [3.05, 3.63) is 47.5 Å². The van der Waals surface area contributed by atoms with Gasteiger partial charge in [-0.15, -0.1) is 6.58 Å². The Bertz CT molecular complexity index is 347. The fraction of sp³-hybridized carbons (Fsp3) is 0.273. The molecule has 3 heteroatoms. The SMILES string of the molecule is C=CC[C@@H](N)c1c(F)ccc(C)c1F. The standard InChI is InChI=1S/C11H13F2N/c1-3-4-9(14)10-8(12)6-5-7(2)11(10)13/h3,5-6,9H,1,4,14H2,2H3/t9-/m1/s1. The molecule has 14 heavy (non-hydrogen) atoms. The van der Waals surface area contributed by atoms with Crippen molar-refractivity contribution >= 4 is 0 Å². The van der Waals surface area contributed by atoms with Gasteiger partial charge >= 0.3 is 0 Å². The molecular formula is C11H13F2N. The van der Waals surface area contributed by atoms with Gasteiger partial charge in [-0.1, -0.05) is 12.1 Å². The molecule has 1 aromatic carbocycles. The average molecular weight is 197 g/mol. The maximum Gasteiger partial charge on any atom is 0.133 e. The molecule has 2 N–H and O–H groups in total. The molecule has 0 saturated heterocycles. The van der Waals surface area contributed by atoms with Crippen LogP contribution in [0.5, 0.6) is 0 Å². The summed E-state index contributed by atoms with van der Waals surface area (Å²) in [4.78, 5) is 0. The predicted molar refractivity (Wildman–Crippen MR) is 52.8 cm³/mol. The lowest BCUT2D eigenvalue weighted by Gasteiger charge is -2.13. The number of nitrogens with two attached hydrogens (primary N) is 1. The Balaban J connectivity index is 3.17. The molecular weight excluding hydrogens is 184 g/mol. The Labute approximate surface area is 82.2 Å². The molecule has 0 heterocycles. The second-order valence-electron chi connectivity index (χ2n) is 3.22. The first-order chi connectivity index (χ1) is 6.57. The molecule has 0 spiro atoms. The number of halogens is 2. The first-order valence-corrected chi connectivity index (χ1v) is 4.39. The van der Waals surface area contributed by atoms with Crippen LogP contribution in [0.4, 0.5) is 8.78 Å². The zero-order valence-electron chi connectivity index (χ0n) is 8.06. The predicted octanol–water partition coefficient (Wildman–Crippen LogP) is 2.85. The minimum atomic E-state index is -0.660. The molecule has 1 atom stereocenters. The molecule has 0 radical (unpaired) electrons. The van der Waals surface area contributed by atoms with Gasteiger partial charge in [-0.3, -0.25) is 0 Å². The Kier molecular flexibility index (Phi) is 3.36. The van der Waals surface area contributed by atoms with Crippen molar-refractivity contribution in [1.29, 1.82) is 0 Å². The van der Waals surface area contributed by atoms with Crippen molar-refractivity contribution in [1.82, 2.24) is 0 Å². The van der Waals surface area contributed by atoms with Crippen molar-refractivity contribution in [2.45, 2.75) is 19.4 Å². The summed E-state index contributed by atoms with van der Waals surface area (Å²) in [6.07, 6.45) is 1.91. The molecule has 0 aromatic heterocycles. The Morgan fingerprint density at radius 2 is 2.14 bits per heavy atom. The lowest BCUT2D eigenvalue weighted by atomic mass is 10.0. The Hall–Kier alpha value is -1.22. The molecule has 76 valence electrons. The van der Waals surface area contributed by atoms with E-state index < -0.39 is 17.7 Å². The van der Waals surface area contributed by atoms with Gasteiger partial charge in [-0.2, -0.15) is 0 Å². The summed E-state index contributed by atoms with van der Waals surface area (Å²) >= 11 is 0. The van der Waals surface area contributed by atoms with Gasteiger partial charge in [0.2, 0.25) is 0 Å². The van der Waals surface area contributed by atoms with E-state index in [1.54, 1.807) is 13.0 Å². The highest BCUT2D eigenvalue weighted by Gasteiger charge is 2.16. The first kappa shape index (κ1) is 10.9. The molecule has 0 aliphatic rings. The van der Waals surface area contributed by atoms with Crippen LogP contribution in [0.3, 0.4) is 0 Å². The van der Waals surface area contributed by atoms with Crippen LogP contribution < -0.4 is 5.73 Å². The van der Waals surface area contributed by atoms with E-state index in [0.717, 1.165) is 0 Å². The van der Waals surface area contributed by atoms with E-state index >= 15 is 0 Å². The smallest absolute Gasteiger partial charge is 0.133 e. The van der Waals surface area contributed by atoms with Crippen molar-refractivity contribution in [3.8, 4) is 0 Å². The van der Waals surface area contributed by atoms with E-state index in [1.807, 2.05) is 0 Å². The van der Waals surface area contributed by atoms with Crippen molar-refractivity contribution < 1.29 is 8.78 Å². The summed E-state index contributed by atoms with van der Waals surface area (Å²) in [7, 11) is 0. The topological polar surface area (TPSA) is 26.0 Å². The molecule has 0 unspecified atom stereocenters. The Morgan fingerprint density at radius 1 is 1.50 bits per heavy atom. The maximum atomic E-state index is 13.5. The zero-order chi connectivity index (χ0) is 10.7. The zero-order valence-corrected chi connectivity index (χ0v) is 8.06. The number of hydrogen-bond acceptors (Lipinski definition) is 1. The monoisotopic (exact) mass is 197 g/mol. The normalized spacial score (nSPS) is 12.6. The molecule has 0 aliphatic heterocycles. The fourth-order valence-electron chi connectivity index (χ4n) is 1.32. The highest BCUT2D eigenvalue weighted by molar-refractivity contribution is 5.29. The molecule has 0 aliphatic carbocycles. The van der Waals surface area contributed by atoms with Crippen molar-refractivity contribution in [2.24, 2.45) is 5.73 Å². The molecule has 1 aromatic rings. The minimum absolute atomic E-state index is 0.0510. The number of hydrogen-bond donors (Lipinski definition) is 1. The van der Waals surface area contributed by atoms with E-state index in [0.29, 0.717) is 12.0 Å². The van der Waals surface area contributed by atoms with Crippen LogP contribution in [0.2, 0.25) is 0 Å². The fourth-order valence-corrected chi connectivity index (χ4v) is 1.32. The lowest BCUT2D eigenvalue weighted by molar-refractivity contribution is 0.522. The van der Waals surface area contributed by atoms with Crippen LogP contribution in [-0.2, 0) is 0 Å². The van der Waals surface area contributed by atoms with Crippen molar-refractivity contribution in [3.63, 3.8) is 0 Å². The average Bonchev–Trinajstić information content (AvgIpc) is 2.13. The van der Waals surface area contributed by atoms with Crippen molar-refractivity contribution in [2.75, 3.05) is 0 Å². The molecule has 1 nitrogen and oxygen atoms in total. The van der Waals surface area contributed by atoms with Gasteiger partial charge in [0.25, 0.3) is 0 Å². The van der Waals surface area contributed by atoms with Gasteiger partial charge in [-0.05, 0) is 25.0 Å². The summed E-state index contributed by atoms with van der Waals surface area (Å²) in [5, 5.41) is 0. The minimum Gasteiger partial charge on any atom is -0.324 e. The quantitative estimate of drug-likeness (QED) is 0.741. The first-order valence-electron chi connectivity index (χ1n) is 4.39. The van der Waals surface area contributed by atoms with Gasteiger partial charge in [0.05, 0.1) is 0 Å². The number of aryl methyl sites for hydroxylation is 1. The van der Waals surface area contributed by atoms with Gasteiger partial charge in [0.1, 0.15) is 11.6 Å². The highest BCUT2D eigenvalue weighted by Crippen LogP contribution is 2.23. The van der Waals surface area contributed by atoms with Crippen LogP contribution in [0.15, 0.2) is 24.8 Å². The third kappa shape index (κ3) is 1.99. The second-order valence-corrected chi connectivity index (χ2v) is 3.22. The lowest BCUT2D eigenvalue weighted by Crippen LogP contribution is -2.14. The summed E-state index contributed by atoms with van der Waals surface area (Å²) in [6, 6.07) is 1.97. The number of rotatable bonds is 3. The second kappa shape index (κ2) is 4.33. The molecule has 0 amide bonds. The van der Waals surface area contributed by atoms with Gasteiger partial charge in [0.15, 0.2) is 0 Å². The van der Waals surface area contributed by atoms with E-state index in [-0.39, 0.29) is 5.56 Å². The summed E-state index contributed by atoms with van der Waals surface area (Å²) < 4.78 is 26.7. The number of benzene rings is 1. The maximum absolute atomic E-state index is 13.5. The van der Waals surface area contributed by atoms with Gasteiger partial charge in [0, 0.05) is 11.6 Å². The third-order valence-corrected chi connectivity index (χ3v) is 2.11. The Morgan fingerprint density at radius 3 is 2.71 bits per heavy atom. The largest absolute Gasteiger partial charge is 0.324 e. The molecule has 1 rings (SSSR count). The van der Waals surface area contributed by atoms with Crippen LogP contribution in [0.25, 0.3) is 0 Å². The molecule has 0 bridgehead atoms. The summed E-state index contributed by atoms with van der Waals surface area (Å²) in [6.45, 7) is 5.07. The van der Waals surface area contributed by atoms with Gasteiger partial charge in [-0.25, -0.2) is 8.78 Å². The molecule has 0 fully saturated rings. The molecule has 0 saturated carbocycles. The van der Waals surface area contributed by atoms with Crippen LogP contribution in [0, 0.1) is 18.6 Å². The van der Waals surface area contributed by atoms with E-state index in [1.165, 1.54) is 12.1 Å². The van der Waals surface area contributed by atoms with E-state index in [4.69, 9.17) is 5.73 Å². The van der Waals surface area contributed by atoms with Gasteiger partial charge < -0.3 is 5.73 Å².